The molecule has 0 unspecified atom stereocenters. The van der Waals surface area contributed by atoms with Crippen LogP contribution in [-0.4, -0.2) is 35.1 Å². The molecule has 1 aliphatic carbocycles. The van der Waals surface area contributed by atoms with E-state index in [1.54, 1.807) is 19.2 Å². The summed E-state index contributed by atoms with van der Waals surface area (Å²) in [7, 11) is 1.55. The second kappa shape index (κ2) is 6.31. The summed E-state index contributed by atoms with van der Waals surface area (Å²) >= 11 is 0. The Morgan fingerprint density at radius 2 is 1.90 bits per heavy atom. The molecule has 7 heteroatoms. The van der Waals surface area contributed by atoms with Gasteiger partial charge >= 0.3 is 0 Å². The minimum atomic E-state index is -0.258. The topological polar surface area (TPSA) is 110 Å². The molecule has 0 saturated heterocycles. The van der Waals surface area contributed by atoms with Crippen molar-refractivity contribution in [1.82, 2.24) is 15.5 Å². The molecule has 0 aliphatic heterocycles. The molecule has 20 heavy (non-hydrogen) atoms. The van der Waals surface area contributed by atoms with Crippen molar-refractivity contribution in [3.05, 3.63) is 17.8 Å². The van der Waals surface area contributed by atoms with E-state index in [1.807, 2.05) is 0 Å². The lowest BCUT2D eigenvalue weighted by molar-refractivity contribution is -0.122. The Balaban J connectivity index is 1.88. The van der Waals surface area contributed by atoms with Crippen LogP contribution in [0.15, 0.2) is 12.1 Å². The number of hydrogen-bond acceptors (Lipinski definition) is 5. The molecule has 1 aliphatic rings. The molecule has 0 spiro atoms. The second-order valence-electron chi connectivity index (χ2n) is 4.98. The largest absolute Gasteiger partial charge is 0.369 e. The number of aromatic nitrogens is 2. The number of amides is 2. The second-order valence-corrected chi connectivity index (χ2v) is 4.98. The molecule has 0 aromatic carbocycles. The number of primary amides is 1. The van der Waals surface area contributed by atoms with E-state index >= 15 is 0 Å². The van der Waals surface area contributed by atoms with Gasteiger partial charge in [0.25, 0.3) is 5.91 Å². The van der Waals surface area contributed by atoms with E-state index in [0.717, 1.165) is 25.7 Å². The zero-order chi connectivity index (χ0) is 14.5. The van der Waals surface area contributed by atoms with Gasteiger partial charge in [0.05, 0.1) is 0 Å². The number of carbonyl (C=O) groups is 2. The van der Waals surface area contributed by atoms with Gasteiger partial charge < -0.3 is 16.4 Å². The Bertz CT molecular complexity index is 480. The number of hydrogen-bond donors (Lipinski definition) is 3. The molecule has 2 rings (SSSR count). The van der Waals surface area contributed by atoms with Gasteiger partial charge in [-0.25, -0.2) is 0 Å². The maximum absolute atomic E-state index is 11.3. The van der Waals surface area contributed by atoms with Gasteiger partial charge in [-0.3, -0.25) is 9.59 Å². The first-order chi connectivity index (χ1) is 9.60. The fourth-order valence-electron chi connectivity index (χ4n) is 2.39. The Labute approximate surface area is 117 Å². The van der Waals surface area contributed by atoms with Crippen LogP contribution in [0, 0.1) is 5.92 Å². The highest BCUT2D eigenvalue weighted by molar-refractivity contribution is 5.91. The Hall–Kier alpha value is -2.18. The van der Waals surface area contributed by atoms with Gasteiger partial charge in [-0.15, -0.1) is 10.2 Å². The van der Waals surface area contributed by atoms with E-state index in [4.69, 9.17) is 5.73 Å². The van der Waals surface area contributed by atoms with Gasteiger partial charge in [0.1, 0.15) is 5.82 Å². The van der Waals surface area contributed by atoms with Crippen LogP contribution in [0.25, 0.3) is 0 Å². The van der Waals surface area contributed by atoms with E-state index in [-0.39, 0.29) is 29.5 Å². The van der Waals surface area contributed by atoms with Crippen LogP contribution in [-0.2, 0) is 4.79 Å². The minimum absolute atomic E-state index is 0.00485. The Morgan fingerprint density at radius 3 is 2.40 bits per heavy atom. The number of anilines is 1. The normalized spacial score (nSPS) is 22.1. The van der Waals surface area contributed by atoms with Crippen molar-refractivity contribution in [2.45, 2.75) is 31.7 Å². The molecular weight excluding hydrogens is 258 g/mol. The summed E-state index contributed by atoms with van der Waals surface area (Å²) in [6.07, 6.45) is 3.37. The van der Waals surface area contributed by atoms with Crippen LogP contribution >= 0.6 is 0 Å². The highest BCUT2D eigenvalue weighted by atomic mass is 16.2. The fraction of sp³-hybridized carbons (Fsp3) is 0.538. The van der Waals surface area contributed by atoms with E-state index < -0.39 is 0 Å². The summed E-state index contributed by atoms with van der Waals surface area (Å²) in [5.74, 6) is 0.166. The summed E-state index contributed by atoms with van der Waals surface area (Å²) < 4.78 is 0. The summed E-state index contributed by atoms with van der Waals surface area (Å²) in [6.45, 7) is 0. The molecule has 0 bridgehead atoms. The lowest BCUT2D eigenvalue weighted by Gasteiger charge is -2.27. The first kappa shape index (κ1) is 14.2. The molecule has 0 radical (unpaired) electrons. The van der Waals surface area contributed by atoms with Crippen LogP contribution < -0.4 is 16.4 Å². The molecule has 1 heterocycles. The van der Waals surface area contributed by atoms with Crippen molar-refractivity contribution < 1.29 is 9.59 Å². The van der Waals surface area contributed by atoms with E-state index in [0.29, 0.717) is 5.82 Å². The van der Waals surface area contributed by atoms with Crippen LogP contribution in [0.1, 0.15) is 36.2 Å². The summed E-state index contributed by atoms with van der Waals surface area (Å²) in [6, 6.07) is 3.63. The third-order valence-electron chi connectivity index (χ3n) is 3.61. The molecule has 7 nitrogen and oxygen atoms in total. The number of nitrogens with two attached hydrogens (primary N) is 1. The average Bonchev–Trinajstić information content (AvgIpc) is 2.48. The molecule has 4 N–H and O–H groups in total. The van der Waals surface area contributed by atoms with Gasteiger partial charge in [0, 0.05) is 19.0 Å². The maximum atomic E-state index is 11.3. The Kier molecular flexibility index (Phi) is 4.49. The molecule has 1 fully saturated rings. The Morgan fingerprint density at radius 1 is 1.20 bits per heavy atom. The van der Waals surface area contributed by atoms with Crippen LogP contribution in [0.4, 0.5) is 5.82 Å². The monoisotopic (exact) mass is 277 g/mol. The van der Waals surface area contributed by atoms with Gasteiger partial charge in [-0.2, -0.15) is 0 Å². The zero-order valence-electron chi connectivity index (χ0n) is 11.4. The zero-order valence-corrected chi connectivity index (χ0v) is 11.4. The molecule has 2 amide bonds. The lowest BCUT2D eigenvalue weighted by Crippen LogP contribution is -2.32. The van der Waals surface area contributed by atoms with Gasteiger partial charge in [-0.05, 0) is 37.8 Å². The van der Waals surface area contributed by atoms with Crippen LogP contribution in [0.2, 0.25) is 0 Å². The van der Waals surface area contributed by atoms with E-state index in [1.165, 1.54) is 0 Å². The summed E-state index contributed by atoms with van der Waals surface area (Å²) in [5.41, 5.74) is 5.59. The van der Waals surface area contributed by atoms with Crippen LogP contribution in [0.5, 0.6) is 0 Å². The van der Waals surface area contributed by atoms with Crippen molar-refractivity contribution in [3.8, 4) is 0 Å². The lowest BCUT2D eigenvalue weighted by atomic mass is 9.85. The number of nitrogens with zero attached hydrogens (tertiary/aromatic N) is 2. The van der Waals surface area contributed by atoms with Gasteiger partial charge in [0.2, 0.25) is 5.91 Å². The van der Waals surface area contributed by atoms with Crippen molar-refractivity contribution in [1.29, 1.82) is 0 Å². The van der Waals surface area contributed by atoms with E-state index in [9.17, 15) is 9.59 Å². The third-order valence-corrected chi connectivity index (χ3v) is 3.61. The minimum Gasteiger partial charge on any atom is -0.369 e. The first-order valence-corrected chi connectivity index (χ1v) is 6.72. The fourth-order valence-corrected chi connectivity index (χ4v) is 2.39. The van der Waals surface area contributed by atoms with Crippen molar-refractivity contribution in [3.63, 3.8) is 0 Å². The molecule has 1 aromatic heterocycles. The number of nitrogens with one attached hydrogen (secondary N) is 2. The SMILES string of the molecule is CNC(=O)c1ccc(NC2CCC(C(N)=O)CC2)nn1. The molecule has 1 aromatic rings. The molecule has 0 atom stereocenters. The number of rotatable bonds is 4. The predicted octanol–water partition coefficient (Wildman–Crippen LogP) is 0.292. The van der Waals surface area contributed by atoms with Crippen molar-refractivity contribution >= 4 is 17.6 Å². The van der Waals surface area contributed by atoms with Gasteiger partial charge in [-0.1, -0.05) is 0 Å². The summed E-state index contributed by atoms with van der Waals surface area (Å²) in [5, 5.41) is 13.6. The van der Waals surface area contributed by atoms with Crippen LogP contribution in [0.3, 0.4) is 0 Å². The van der Waals surface area contributed by atoms with Crippen molar-refractivity contribution in [2.24, 2.45) is 11.7 Å². The first-order valence-electron chi connectivity index (χ1n) is 6.72. The maximum Gasteiger partial charge on any atom is 0.271 e. The standard InChI is InChI=1S/C13H19N5O2/c1-15-13(20)10-6-7-11(18-17-10)16-9-4-2-8(3-5-9)12(14)19/h6-9H,2-5H2,1H3,(H2,14,19)(H,15,20)(H,16,18). The quantitative estimate of drug-likeness (QED) is 0.732. The third kappa shape index (κ3) is 3.43. The summed E-state index contributed by atoms with van der Waals surface area (Å²) in [4.78, 5) is 22.4. The molecule has 1 saturated carbocycles. The van der Waals surface area contributed by atoms with Crippen molar-refractivity contribution in [2.75, 3.05) is 12.4 Å². The van der Waals surface area contributed by atoms with E-state index in [2.05, 4.69) is 20.8 Å². The average molecular weight is 277 g/mol. The smallest absolute Gasteiger partial charge is 0.271 e. The molecule has 108 valence electrons. The highest BCUT2D eigenvalue weighted by Crippen LogP contribution is 2.25. The highest BCUT2D eigenvalue weighted by Gasteiger charge is 2.24. The molecular formula is C13H19N5O2. The van der Waals surface area contributed by atoms with Gasteiger partial charge in [0.15, 0.2) is 5.69 Å². The number of carbonyl (C=O) groups excluding carboxylic acids is 2. The predicted molar refractivity (Wildman–Crippen MR) is 74.0 cm³/mol.